The van der Waals surface area contributed by atoms with Gasteiger partial charge < -0.3 is 5.32 Å². The zero-order valence-corrected chi connectivity index (χ0v) is 17.7. The van der Waals surface area contributed by atoms with Gasteiger partial charge in [0.1, 0.15) is 5.82 Å². The molecule has 5 nitrogen and oxygen atoms in total. The lowest BCUT2D eigenvalue weighted by Crippen LogP contribution is -2.34. The number of halogens is 1. The van der Waals surface area contributed by atoms with Crippen molar-refractivity contribution in [1.29, 1.82) is 0 Å². The zero-order valence-electron chi connectivity index (χ0n) is 16.9. The summed E-state index contributed by atoms with van der Waals surface area (Å²) in [4.78, 5) is 12.4. The first-order chi connectivity index (χ1) is 14.6. The van der Waals surface area contributed by atoms with E-state index in [0.29, 0.717) is 17.5 Å². The van der Waals surface area contributed by atoms with Gasteiger partial charge in [-0.15, -0.1) is 16.8 Å². The quantitative estimate of drug-likeness (QED) is 0.385. The van der Waals surface area contributed by atoms with Crippen molar-refractivity contribution < 1.29 is 9.18 Å². The molecule has 0 spiro atoms. The second-order valence-electron chi connectivity index (χ2n) is 6.99. The molecule has 0 fully saturated rings. The summed E-state index contributed by atoms with van der Waals surface area (Å²) in [6, 6.07) is 16.4. The maximum Gasteiger partial charge on any atom is 0.230 e. The lowest BCUT2D eigenvalue weighted by atomic mass is 10.1. The first-order valence-corrected chi connectivity index (χ1v) is 10.8. The van der Waals surface area contributed by atoms with Gasteiger partial charge in [-0.1, -0.05) is 48.2 Å². The molecule has 7 heteroatoms. The van der Waals surface area contributed by atoms with Gasteiger partial charge in [0, 0.05) is 18.2 Å². The van der Waals surface area contributed by atoms with Gasteiger partial charge in [0.15, 0.2) is 11.0 Å². The average molecular weight is 425 g/mol. The van der Waals surface area contributed by atoms with Crippen LogP contribution in [-0.2, 0) is 17.8 Å². The van der Waals surface area contributed by atoms with Crippen LogP contribution < -0.4 is 5.32 Å². The Balaban J connectivity index is 1.56. The van der Waals surface area contributed by atoms with E-state index in [1.165, 1.54) is 29.5 Å². The van der Waals surface area contributed by atoms with Crippen LogP contribution in [0.4, 0.5) is 4.39 Å². The topological polar surface area (TPSA) is 59.8 Å². The Morgan fingerprint density at radius 1 is 1.20 bits per heavy atom. The lowest BCUT2D eigenvalue weighted by Gasteiger charge is -2.14. The standard InChI is InChI=1S/C23H25FN4OS/c1-3-15-28-22(19-11-13-20(24)14-12-19)26-27-23(28)30-16-21(29)25-17(2)9-10-18-7-5-4-6-8-18/h3-8,11-14,17H,1,9-10,15-16H2,2H3,(H,25,29)/t17-/m1/s1. The minimum Gasteiger partial charge on any atom is -0.353 e. The third-order valence-corrected chi connectivity index (χ3v) is 5.55. The Labute approximate surface area is 180 Å². The summed E-state index contributed by atoms with van der Waals surface area (Å²) in [5.74, 6) is 0.515. The van der Waals surface area contributed by atoms with Crippen LogP contribution in [0.3, 0.4) is 0 Å². The minimum absolute atomic E-state index is 0.0444. The number of rotatable bonds is 10. The second kappa shape index (κ2) is 10.7. The molecule has 1 atom stereocenters. The molecule has 0 radical (unpaired) electrons. The fourth-order valence-corrected chi connectivity index (χ4v) is 3.81. The number of hydrogen-bond acceptors (Lipinski definition) is 4. The smallest absolute Gasteiger partial charge is 0.230 e. The number of amides is 1. The molecule has 0 bridgehead atoms. The Bertz CT molecular complexity index is 973. The van der Waals surface area contributed by atoms with E-state index in [2.05, 4.69) is 34.2 Å². The van der Waals surface area contributed by atoms with Crippen LogP contribution in [0, 0.1) is 5.82 Å². The van der Waals surface area contributed by atoms with Gasteiger partial charge in [-0.25, -0.2) is 4.39 Å². The van der Waals surface area contributed by atoms with Crippen LogP contribution in [0.25, 0.3) is 11.4 Å². The first-order valence-electron chi connectivity index (χ1n) is 9.83. The van der Waals surface area contributed by atoms with Gasteiger partial charge in [-0.2, -0.15) is 0 Å². The van der Waals surface area contributed by atoms with Gasteiger partial charge in [-0.3, -0.25) is 9.36 Å². The number of nitrogens with one attached hydrogen (secondary N) is 1. The van der Waals surface area contributed by atoms with Crippen LogP contribution >= 0.6 is 11.8 Å². The van der Waals surface area contributed by atoms with Crippen molar-refractivity contribution in [3.05, 3.63) is 78.6 Å². The number of aromatic nitrogens is 3. The Hall–Kier alpha value is -2.93. The molecular weight excluding hydrogens is 399 g/mol. The van der Waals surface area contributed by atoms with Gasteiger partial charge in [0.05, 0.1) is 5.75 Å². The van der Waals surface area contributed by atoms with Crippen molar-refractivity contribution >= 4 is 17.7 Å². The molecule has 0 aliphatic heterocycles. The molecule has 0 unspecified atom stereocenters. The molecule has 1 heterocycles. The van der Waals surface area contributed by atoms with Crippen molar-refractivity contribution in [2.45, 2.75) is 37.5 Å². The number of allylic oxidation sites excluding steroid dienone is 1. The molecule has 30 heavy (non-hydrogen) atoms. The highest BCUT2D eigenvalue weighted by molar-refractivity contribution is 7.99. The number of hydrogen-bond donors (Lipinski definition) is 1. The van der Waals surface area contributed by atoms with E-state index in [-0.39, 0.29) is 23.5 Å². The molecule has 1 aromatic heterocycles. The SMILES string of the molecule is C=CCn1c(SCC(=O)N[C@H](C)CCc2ccccc2)nnc1-c1ccc(F)cc1. The van der Waals surface area contributed by atoms with Gasteiger partial charge in [-0.05, 0) is 49.6 Å². The number of carbonyl (C=O) groups is 1. The normalized spacial score (nSPS) is 11.8. The zero-order chi connectivity index (χ0) is 21.3. The number of carbonyl (C=O) groups excluding carboxylic acids is 1. The summed E-state index contributed by atoms with van der Waals surface area (Å²) in [7, 11) is 0. The Kier molecular flexibility index (Phi) is 7.79. The van der Waals surface area contributed by atoms with E-state index < -0.39 is 0 Å². The minimum atomic E-state index is -0.304. The third kappa shape index (κ3) is 6.03. The fraction of sp³-hybridized carbons (Fsp3) is 0.261. The van der Waals surface area contributed by atoms with E-state index in [0.717, 1.165) is 18.4 Å². The highest BCUT2D eigenvalue weighted by Gasteiger charge is 2.16. The number of aryl methyl sites for hydroxylation is 1. The van der Waals surface area contributed by atoms with Crippen molar-refractivity contribution in [3.8, 4) is 11.4 Å². The summed E-state index contributed by atoms with van der Waals surface area (Å²) in [5.41, 5.74) is 2.02. The summed E-state index contributed by atoms with van der Waals surface area (Å²) in [6.07, 6.45) is 3.54. The number of nitrogens with zero attached hydrogens (tertiary/aromatic N) is 3. The summed E-state index contributed by atoms with van der Waals surface area (Å²) in [5, 5.41) is 12.1. The van der Waals surface area contributed by atoms with Gasteiger partial charge in [0.2, 0.25) is 5.91 Å². The lowest BCUT2D eigenvalue weighted by molar-refractivity contribution is -0.119. The molecule has 2 aromatic carbocycles. The van der Waals surface area contributed by atoms with Crippen molar-refractivity contribution in [1.82, 2.24) is 20.1 Å². The van der Waals surface area contributed by atoms with Crippen molar-refractivity contribution in [3.63, 3.8) is 0 Å². The molecule has 156 valence electrons. The highest BCUT2D eigenvalue weighted by Crippen LogP contribution is 2.24. The van der Waals surface area contributed by atoms with Crippen LogP contribution in [0.2, 0.25) is 0 Å². The van der Waals surface area contributed by atoms with E-state index in [9.17, 15) is 9.18 Å². The van der Waals surface area contributed by atoms with E-state index in [4.69, 9.17) is 0 Å². The number of benzene rings is 2. The molecule has 3 aromatic rings. The Morgan fingerprint density at radius 2 is 1.93 bits per heavy atom. The molecule has 0 saturated carbocycles. The van der Waals surface area contributed by atoms with Crippen LogP contribution in [0.15, 0.2) is 72.4 Å². The van der Waals surface area contributed by atoms with Crippen molar-refractivity contribution in [2.24, 2.45) is 0 Å². The van der Waals surface area contributed by atoms with E-state index in [1.54, 1.807) is 18.2 Å². The van der Waals surface area contributed by atoms with Crippen molar-refractivity contribution in [2.75, 3.05) is 5.75 Å². The summed E-state index contributed by atoms with van der Waals surface area (Å²) >= 11 is 1.33. The number of thioether (sulfide) groups is 1. The average Bonchev–Trinajstić information content (AvgIpc) is 3.15. The molecular formula is C23H25FN4OS. The predicted octanol–water partition coefficient (Wildman–Crippen LogP) is 4.50. The monoisotopic (exact) mass is 424 g/mol. The maximum absolute atomic E-state index is 13.2. The molecule has 0 aliphatic rings. The maximum atomic E-state index is 13.2. The summed E-state index contributed by atoms with van der Waals surface area (Å²) in [6.45, 7) is 6.29. The van der Waals surface area contributed by atoms with Crippen LogP contribution in [-0.4, -0.2) is 32.5 Å². The molecule has 0 saturated heterocycles. The fourth-order valence-electron chi connectivity index (χ4n) is 3.05. The summed E-state index contributed by atoms with van der Waals surface area (Å²) < 4.78 is 15.1. The second-order valence-corrected chi connectivity index (χ2v) is 7.94. The van der Waals surface area contributed by atoms with Crippen LogP contribution in [0.1, 0.15) is 18.9 Å². The molecule has 1 N–H and O–H groups in total. The van der Waals surface area contributed by atoms with E-state index in [1.807, 2.05) is 29.7 Å². The third-order valence-electron chi connectivity index (χ3n) is 4.58. The van der Waals surface area contributed by atoms with Crippen LogP contribution in [0.5, 0.6) is 0 Å². The first kappa shape index (κ1) is 21.8. The van der Waals surface area contributed by atoms with Gasteiger partial charge in [0.25, 0.3) is 0 Å². The largest absolute Gasteiger partial charge is 0.353 e. The highest BCUT2D eigenvalue weighted by atomic mass is 32.2. The molecule has 3 rings (SSSR count). The van der Waals surface area contributed by atoms with E-state index >= 15 is 0 Å². The van der Waals surface area contributed by atoms with Gasteiger partial charge >= 0.3 is 0 Å². The molecule has 0 aliphatic carbocycles. The molecule has 1 amide bonds. The predicted molar refractivity (Wildman–Crippen MR) is 119 cm³/mol. The Morgan fingerprint density at radius 3 is 2.63 bits per heavy atom.